The van der Waals surface area contributed by atoms with Gasteiger partial charge in [0.15, 0.2) is 0 Å². The molecule has 0 saturated carbocycles. The minimum atomic E-state index is 0.0731. The van der Waals surface area contributed by atoms with Crippen LogP contribution in [-0.4, -0.2) is 36.2 Å². The van der Waals surface area contributed by atoms with Gasteiger partial charge in [-0.25, -0.2) is 0 Å². The molecule has 1 aromatic carbocycles. The monoisotopic (exact) mass is 236 g/mol. The highest BCUT2D eigenvalue weighted by molar-refractivity contribution is 5.23. The summed E-state index contributed by atoms with van der Waals surface area (Å²) in [5.41, 5.74) is 8.58. The normalized spacial score (nSPS) is 14.9. The van der Waals surface area contributed by atoms with Crippen molar-refractivity contribution in [2.45, 2.75) is 32.4 Å². The van der Waals surface area contributed by atoms with Crippen LogP contribution in [-0.2, 0) is 0 Å². The summed E-state index contributed by atoms with van der Waals surface area (Å²) in [6, 6.07) is 8.64. The second-order valence-corrected chi connectivity index (χ2v) is 4.82. The standard InChI is InChI=1S/C14H24N2O/c1-11-4-6-13(7-5-11)14(15)8-9-16(3)12(2)10-17/h4-7,12,14,17H,8-10,15H2,1-3H3. The van der Waals surface area contributed by atoms with Crippen LogP contribution in [0.15, 0.2) is 24.3 Å². The Morgan fingerprint density at radius 2 is 1.88 bits per heavy atom. The molecule has 0 spiro atoms. The Bertz CT molecular complexity index is 323. The second kappa shape index (κ2) is 6.74. The Hall–Kier alpha value is -0.900. The van der Waals surface area contributed by atoms with Crippen molar-refractivity contribution in [2.24, 2.45) is 5.73 Å². The molecule has 0 amide bonds. The van der Waals surface area contributed by atoms with Crippen molar-refractivity contribution in [3.05, 3.63) is 35.4 Å². The van der Waals surface area contributed by atoms with E-state index in [2.05, 4.69) is 36.1 Å². The zero-order valence-electron chi connectivity index (χ0n) is 11.1. The molecule has 0 bridgehead atoms. The smallest absolute Gasteiger partial charge is 0.0584 e. The fourth-order valence-electron chi connectivity index (χ4n) is 1.68. The maximum atomic E-state index is 9.05. The fourth-order valence-corrected chi connectivity index (χ4v) is 1.68. The van der Waals surface area contributed by atoms with Crippen LogP contribution in [0.5, 0.6) is 0 Å². The number of rotatable bonds is 6. The third-order valence-electron chi connectivity index (χ3n) is 3.31. The van der Waals surface area contributed by atoms with E-state index >= 15 is 0 Å². The average Bonchev–Trinajstić information content (AvgIpc) is 2.35. The van der Waals surface area contributed by atoms with Crippen LogP contribution in [0.25, 0.3) is 0 Å². The van der Waals surface area contributed by atoms with Crippen molar-refractivity contribution in [3.8, 4) is 0 Å². The lowest BCUT2D eigenvalue weighted by Gasteiger charge is -2.24. The number of aliphatic hydroxyl groups is 1. The highest BCUT2D eigenvalue weighted by Crippen LogP contribution is 2.15. The molecule has 17 heavy (non-hydrogen) atoms. The van der Waals surface area contributed by atoms with E-state index in [0.717, 1.165) is 13.0 Å². The van der Waals surface area contributed by atoms with E-state index in [9.17, 15) is 0 Å². The molecule has 3 heteroatoms. The molecular weight excluding hydrogens is 212 g/mol. The van der Waals surface area contributed by atoms with Crippen LogP contribution < -0.4 is 5.73 Å². The Morgan fingerprint density at radius 3 is 2.41 bits per heavy atom. The Kier molecular flexibility index (Phi) is 5.62. The van der Waals surface area contributed by atoms with Crippen LogP contribution in [0.3, 0.4) is 0 Å². The number of aliphatic hydroxyl groups excluding tert-OH is 1. The van der Waals surface area contributed by atoms with E-state index in [1.165, 1.54) is 11.1 Å². The summed E-state index contributed by atoms with van der Waals surface area (Å²) in [5, 5.41) is 9.05. The number of hydrogen-bond donors (Lipinski definition) is 2. The molecule has 0 aromatic heterocycles. The molecule has 3 N–H and O–H groups in total. The predicted octanol–water partition coefficient (Wildman–Crippen LogP) is 1.70. The van der Waals surface area contributed by atoms with Crippen LogP contribution in [0.4, 0.5) is 0 Å². The summed E-state index contributed by atoms with van der Waals surface area (Å²) in [6.07, 6.45) is 0.907. The Labute approximate surface area is 104 Å². The molecule has 0 aliphatic carbocycles. The van der Waals surface area contributed by atoms with Crippen molar-refractivity contribution >= 4 is 0 Å². The maximum Gasteiger partial charge on any atom is 0.0584 e. The van der Waals surface area contributed by atoms with Gasteiger partial charge < -0.3 is 15.7 Å². The van der Waals surface area contributed by atoms with Gasteiger partial charge in [0.2, 0.25) is 0 Å². The second-order valence-electron chi connectivity index (χ2n) is 4.82. The summed E-state index contributed by atoms with van der Waals surface area (Å²) in [5.74, 6) is 0. The lowest BCUT2D eigenvalue weighted by molar-refractivity contribution is 0.156. The maximum absolute atomic E-state index is 9.05. The van der Waals surface area contributed by atoms with Gasteiger partial charge >= 0.3 is 0 Å². The zero-order chi connectivity index (χ0) is 12.8. The van der Waals surface area contributed by atoms with Gasteiger partial charge in [-0.15, -0.1) is 0 Å². The molecule has 0 radical (unpaired) electrons. The summed E-state index contributed by atoms with van der Waals surface area (Å²) in [7, 11) is 2.02. The predicted molar refractivity (Wildman–Crippen MR) is 71.9 cm³/mol. The molecule has 0 saturated heterocycles. The van der Waals surface area contributed by atoms with Crippen molar-refractivity contribution in [1.29, 1.82) is 0 Å². The van der Waals surface area contributed by atoms with Gasteiger partial charge in [-0.1, -0.05) is 29.8 Å². The average molecular weight is 236 g/mol. The van der Waals surface area contributed by atoms with Crippen molar-refractivity contribution in [2.75, 3.05) is 20.2 Å². The van der Waals surface area contributed by atoms with Crippen molar-refractivity contribution in [3.63, 3.8) is 0 Å². The molecule has 96 valence electrons. The van der Waals surface area contributed by atoms with Gasteiger partial charge in [0.1, 0.15) is 0 Å². The number of aryl methyl sites for hydroxylation is 1. The third-order valence-corrected chi connectivity index (χ3v) is 3.31. The van der Waals surface area contributed by atoms with Crippen LogP contribution in [0.2, 0.25) is 0 Å². The number of benzene rings is 1. The summed E-state index contributed by atoms with van der Waals surface area (Å²) < 4.78 is 0. The van der Waals surface area contributed by atoms with E-state index in [1.54, 1.807) is 0 Å². The molecule has 1 aromatic rings. The van der Waals surface area contributed by atoms with E-state index in [0.29, 0.717) is 0 Å². The SMILES string of the molecule is Cc1ccc(C(N)CCN(C)C(C)CO)cc1. The van der Waals surface area contributed by atoms with Gasteiger partial charge in [0, 0.05) is 18.6 Å². The molecule has 0 aliphatic heterocycles. The lowest BCUT2D eigenvalue weighted by atomic mass is 10.0. The topological polar surface area (TPSA) is 49.5 Å². The number of likely N-dealkylation sites (N-methyl/N-ethyl adjacent to an activating group) is 1. The van der Waals surface area contributed by atoms with E-state index in [-0.39, 0.29) is 18.7 Å². The fraction of sp³-hybridized carbons (Fsp3) is 0.571. The van der Waals surface area contributed by atoms with Gasteiger partial charge in [0.25, 0.3) is 0 Å². The minimum Gasteiger partial charge on any atom is -0.395 e. The molecule has 3 nitrogen and oxygen atoms in total. The van der Waals surface area contributed by atoms with E-state index < -0.39 is 0 Å². The molecule has 2 atom stereocenters. The largest absolute Gasteiger partial charge is 0.395 e. The molecule has 0 heterocycles. The van der Waals surface area contributed by atoms with Gasteiger partial charge in [0.05, 0.1) is 6.61 Å². The highest BCUT2D eigenvalue weighted by Gasteiger charge is 2.11. The molecule has 0 fully saturated rings. The van der Waals surface area contributed by atoms with Crippen LogP contribution in [0.1, 0.15) is 30.5 Å². The lowest BCUT2D eigenvalue weighted by Crippen LogP contribution is -2.34. The molecular formula is C14H24N2O. The summed E-state index contributed by atoms with van der Waals surface area (Å²) >= 11 is 0. The first-order chi connectivity index (χ1) is 8.04. The molecule has 0 aliphatic rings. The third kappa shape index (κ3) is 4.46. The summed E-state index contributed by atoms with van der Waals surface area (Å²) in [6.45, 7) is 5.18. The number of nitrogens with two attached hydrogens (primary N) is 1. The molecule has 2 unspecified atom stereocenters. The van der Waals surface area contributed by atoms with Crippen LogP contribution >= 0.6 is 0 Å². The zero-order valence-corrected chi connectivity index (χ0v) is 11.1. The quantitative estimate of drug-likeness (QED) is 0.790. The first-order valence-corrected chi connectivity index (χ1v) is 6.18. The Morgan fingerprint density at radius 1 is 1.29 bits per heavy atom. The first kappa shape index (κ1) is 14.2. The Balaban J connectivity index is 2.44. The van der Waals surface area contributed by atoms with Crippen LogP contribution in [0, 0.1) is 6.92 Å². The number of hydrogen-bond acceptors (Lipinski definition) is 3. The number of nitrogens with zero attached hydrogens (tertiary/aromatic N) is 1. The van der Waals surface area contributed by atoms with Crippen molar-refractivity contribution in [1.82, 2.24) is 4.90 Å². The summed E-state index contributed by atoms with van der Waals surface area (Å²) in [4.78, 5) is 2.13. The van der Waals surface area contributed by atoms with E-state index in [1.807, 2.05) is 14.0 Å². The van der Waals surface area contributed by atoms with Gasteiger partial charge in [-0.05, 0) is 32.9 Å². The molecule has 1 rings (SSSR count). The highest BCUT2D eigenvalue weighted by atomic mass is 16.3. The first-order valence-electron chi connectivity index (χ1n) is 6.18. The van der Waals surface area contributed by atoms with Gasteiger partial charge in [-0.3, -0.25) is 0 Å². The van der Waals surface area contributed by atoms with E-state index in [4.69, 9.17) is 10.8 Å². The van der Waals surface area contributed by atoms with Gasteiger partial charge in [-0.2, -0.15) is 0 Å². The van der Waals surface area contributed by atoms with Crippen molar-refractivity contribution < 1.29 is 5.11 Å². The minimum absolute atomic E-state index is 0.0731.